The molecule has 2 aromatic carbocycles. The molecule has 0 radical (unpaired) electrons. The summed E-state index contributed by atoms with van der Waals surface area (Å²) in [5.41, 5.74) is 4.88. The van der Waals surface area contributed by atoms with Crippen molar-refractivity contribution in [1.82, 2.24) is 9.97 Å². The molecule has 0 atom stereocenters. The average molecular weight is 509 g/mol. The van der Waals surface area contributed by atoms with Gasteiger partial charge in [0.05, 0.1) is 12.2 Å². The predicted octanol–water partition coefficient (Wildman–Crippen LogP) is 5.60. The third kappa shape index (κ3) is 5.47. The summed E-state index contributed by atoms with van der Waals surface area (Å²) >= 11 is 0. The second-order valence-electron chi connectivity index (χ2n) is 9.32. The molecule has 1 amide bonds. The molecule has 194 valence electrons. The highest BCUT2D eigenvalue weighted by molar-refractivity contribution is 6.05. The molecular weight excluding hydrogens is 476 g/mol. The lowest BCUT2D eigenvalue weighted by molar-refractivity contribution is 0.0992. The van der Waals surface area contributed by atoms with Gasteiger partial charge in [-0.1, -0.05) is 42.5 Å². The number of anilines is 2. The summed E-state index contributed by atoms with van der Waals surface area (Å²) < 4.78 is 12.2. The lowest BCUT2D eigenvalue weighted by atomic mass is 9.98. The molecule has 1 aliphatic heterocycles. The number of amides is 1. The van der Waals surface area contributed by atoms with Gasteiger partial charge in [0.2, 0.25) is 0 Å². The van der Waals surface area contributed by atoms with E-state index in [1.165, 1.54) is 11.1 Å². The fraction of sp³-hybridized carbons (Fsp3) is 0.258. The summed E-state index contributed by atoms with van der Waals surface area (Å²) in [5.74, 6) is 2.92. The molecule has 3 heterocycles. The van der Waals surface area contributed by atoms with E-state index in [0.717, 1.165) is 41.5 Å². The van der Waals surface area contributed by atoms with Gasteiger partial charge in [-0.25, -0.2) is 9.97 Å². The number of benzene rings is 2. The van der Waals surface area contributed by atoms with E-state index in [2.05, 4.69) is 33.1 Å². The monoisotopic (exact) mass is 508 g/mol. The molecule has 7 nitrogen and oxygen atoms in total. The molecule has 0 saturated heterocycles. The van der Waals surface area contributed by atoms with Crippen molar-refractivity contribution in [2.45, 2.75) is 33.4 Å². The number of ether oxygens (including phenoxy) is 2. The van der Waals surface area contributed by atoms with E-state index in [0.29, 0.717) is 31.1 Å². The van der Waals surface area contributed by atoms with Crippen LogP contribution < -0.4 is 19.3 Å². The Morgan fingerprint density at radius 1 is 1.00 bits per heavy atom. The van der Waals surface area contributed by atoms with Gasteiger partial charge in [0.25, 0.3) is 5.91 Å². The van der Waals surface area contributed by atoms with Gasteiger partial charge in [-0.3, -0.25) is 9.69 Å². The first-order valence-corrected chi connectivity index (χ1v) is 12.9. The second kappa shape index (κ2) is 11.3. The summed E-state index contributed by atoms with van der Waals surface area (Å²) in [4.78, 5) is 25.9. The Morgan fingerprint density at radius 2 is 1.84 bits per heavy atom. The van der Waals surface area contributed by atoms with Crippen LogP contribution in [0.3, 0.4) is 0 Å². The second-order valence-corrected chi connectivity index (χ2v) is 9.32. The van der Waals surface area contributed by atoms with Crippen molar-refractivity contribution in [3.05, 3.63) is 107 Å². The maximum absolute atomic E-state index is 13.0. The summed E-state index contributed by atoms with van der Waals surface area (Å²) in [6.07, 6.45) is 2.45. The summed E-state index contributed by atoms with van der Waals surface area (Å²) in [6, 6.07) is 23.7. The van der Waals surface area contributed by atoms with Crippen LogP contribution in [0.25, 0.3) is 0 Å². The molecule has 5 rings (SSSR count). The maximum Gasteiger partial charge on any atom is 0.260 e. The Balaban J connectivity index is 1.31. The quantitative estimate of drug-likeness (QED) is 0.309. The van der Waals surface area contributed by atoms with Gasteiger partial charge in [-0.15, -0.1) is 0 Å². The van der Waals surface area contributed by atoms with Crippen molar-refractivity contribution >= 4 is 17.5 Å². The Kier molecular flexibility index (Phi) is 7.54. The van der Waals surface area contributed by atoms with Crippen LogP contribution in [-0.4, -0.2) is 36.1 Å². The fourth-order valence-corrected chi connectivity index (χ4v) is 4.67. The van der Waals surface area contributed by atoms with Crippen molar-refractivity contribution in [3.63, 3.8) is 0 Å². The van der Waals surface area contributed by atoms with Gasteiger partial charge >= 0.3 is 0 Å². The number of carbonyl (C=O) groups excluding carboxylic acids is 1. The molecule has 0 aliphatic carbocycles. The van der Waals surface area contributed by atoms with Gasteiger partial charge in [-0.2, -0.15) is 0 Å². The number of hydrogen-bond acceptors (Lipinski definition) is 6. The molecule has 1 aliphatic rings. The number of aryl methyl sites for hydroxylation is 1. The normalized spacial score (nSPS) is 12.6. The summed E-state index contributed by atoms with van der Waals surface area (Å²) in [6.45, 7) is 6.46. The predicted molar refractivity (Wildman–Crippen MR) is 149 cm³/mol. The van der Waals surface area contributed by atoms with Crippen LogP contribution in [0.15, 0.2) is 79.0 Å². The number of nitrogens with zero attached hydrogens (tertiary/aromatic N) is 4. The zero-order valence-electron chi connectivity index (χ0n) is 22.1. The molecule has 7 heteroatoms. The third-order valence-electron chi connectivity index (χ3n) is 6.68. The zero-order valence-corrected chi connectivity index (χ0v) is 22.1. The van der Waals surface area contributed by atoms with E-state index in [9.17, 15) is 4.79 Å². The molecule has 0 saturated carbocycles. The number of rotatable bonds is 8. The van der Waals surface area contributed by atoms with Crippen LogP contribution in [0.2, 0.25) is 0 Å². The lowest BCUT2D eigenvalue weighted by Gasteiger charge is -2.31. The van der Waals surface area contributed by atoms with Crippen LogP contribution in [0.1, 0.15) is 39.7 Å². The fourth-order valence-electron chi connectivity index (χ4n) is 4.67. The first-order valence-electron chi connectivity index (χ1n) is 12.9. The number of hydrogen-bond donors (Lipinski definition) is 0. The number of aromatic nitrogens is 2. The van der Waals surface area contributed by atoms with Crippen molar-refractivity contribution in [3.8, 4) is 11.5 Å². The highest BCUT2D eigenvalue weighted by atomic mass is 16.5. The first kappa shape index (κ1) is 25.3. The van der Waals surface area contributed by atoms with Crippen LogP contribution in [0, 0.1) is 6.92 Å². The van der Waals surface area contributed by atoms with Crippen molar-refractivity contribution in [2.75, 3.05) is 30.0 Å². The molecule has 0 spiro atoms. The summed E-state index contributed by atoms with van der Waals surface area (Å²) in [5, 5.41) is 0. The van der Waals surface area contributed by atoms with E-state index >= 15 is 0 Å². The molecule has 0 N–H and O–H groups in total. The number of carbonyl (C=O) groups is 1. The molecule has 38 heavy (non-hydrogen) atoms. The zero-order chi connectivity index (χ0) is 26.5. The highest BCUT2D eigenvalue weighted by Gasteiger charge is 2.24. The Bertz CT molecular complexity index is 1410. The van der Waals surface area contributed by atoms with Crippen molar-refractivity contribution < 1.29 is 14.3 Å². The Hall–Kier alpha value is -4.39. The smallest absolute Gasteiger partial charge is 0.260 e. The SMILES string of the molecule is CCOc1ccc2c(c1OCc1ccccc1)CCN(c1ccc(C(=O)N(C)c3cccc(C)n3)cn1)C2. The van der Waals surface area contributed by atoms with E-state index in [1.54, 1.807) is 18.1 Å². The van der Waals surface area contributed by atoms with E-state index in [-0.39, 0.29) is 5.91 Å². The minimum Gasteiger partial charge on any atom is -0.490 e. The largest absolute Gasteiger partial charge is 0.490 e. The van der Waals surface area contributed by atoms with Crippen molar-refractivity contribution in [2.24, 2.45) is 0 Å². The molecule has 2 aromatic heterocycles. The maximum atomic E-state index is 13.0. The number of pyridine rings is 2. The minimum absolute atomic E-state index is 0.144. The van der Waals surface area contributed by atoms with Crippen LogP contribution in [-0.2, 0) is 19.6 Å². The molecule has 0 fully saturated rings. The number of fused-ring (bicyclic) bond motifs is 1. The van der Waals surface area contributed by atoms with Gasteiger partial charge in [-0.05, 0) is 61.7 Å². The van der Waals surface area contributed by atoms with Gasteiger partial charge in [0.1, 0.15) is 18.2 Å². The average Bonchev–Trinajstić information content (AvgIpc) is 2.96. The summed E-state index contributed by atoms with van der Waals surface area (Å²) in [7, 11) is 1.73. The van der Waals surface area contributed by atoms with E-state index in [1.807, 2.05) is 68.4 Å². The standard InChI is InChI=1S/C31H32N4O3/c1-4-37-27-15-13-25-20-35(18-17-26(25)30(27)38-21-23-10-6-5-7-11-23)28-16-14-24(19-32-28)31(36)34(3)29-12-8-9-22(2)33-29/h5-16,19H,4,17-18,20-21H2,1-3H3. The molecular formula is C31H32N4O3. The minimum atomic E-state index is -0.144. The van der Waals surface area contributed by atoms with Crippen molar-refractivity contribution in [1.29, 1.82) is 0 Å². The van der Waals surface area contributed by atoms with Crippen LogP contribution >= 0.6 is 0 Å². The van der Waals surface area contributed by atoms with Gasteiger partial charge < -0.3 is 14.4 Å². The Morgan fingerprint density at radius 3 is 2.58 bits per heavy atom. The van der Waals surface area contributed by atoms with Crippen LogP contribution in [0.4, 0.5) is 11.6 Å². The molecule has 0 bridgehead atoms. The molecule has 0 unspecified atom stereocenters. The Labute approximate surface area is 223 Å². The van der Waals surface area contributed by atoms with E-state index < -0.39 is 0 Å². The highest BCUT2D eigenvalue weighted by Crippen LogP contribution is 2.38. The first-order chi connectivity index (χ1) is 18.5. The lowest BCUT2D eigenvalue weighted by Crippen LogP contribution is -2.32. The van der Waals surface area contributed by atoms with Gasteiger partial charge in [0, 0.05) is 37.6 Å². The van der Waals surface area contributed by atoms with E-state index in [4.69, 9.17) is 9.47 Å². The third-order valence-corrected chi connectivity index (χ3v) is 6.68. The molecule has 4 aromatic rings. The van der Waals surface area contributed by atoms with Crippen LogP contribution in [0.5, 0.6) is 11.5 Å². The topological polar surface area (TPSA) is 67.8 Å². The van der Waals surface area contributed by atoms with Gasteiger partial charge in [0.15, 0.2) is 11.5 Å².